The highest BCUT2D eigenvalue weighted by Gasteiger charge is 2.14. The number of hydrogen-bond donors (Lipinski definition) is 1. The number of esters is 1. The van der Waals surface area contributed by atoms with Crippen molar-refractivity contribution in [1.82, 2.24) is 4.72 Å². The summed E-state index contributed by atoms with van der Waals surface area (Å²) < 4.78 is 32.5. The zero-order valence-corrected chi connectivity index (χ0v) is 23.0. The first-order chi connectivity index (χ1) is 15.5. The molecule has 0 radical (unpaired) electrons. The monoisotopic (exact) mass is 493 g/mol. The van der Waals surface area contributed by atoms with Gasteiger partial charge in [-0.25, -0.2) is 13.1 Å². The fraction of sp³-hybridized carbons (Fsp3) is 0.577. The van der Waals surface area contributed by atoms with Gasteiger partial charge < -0.3 is 4.74 Å². The molecule has 0 fully saturated rings. The predicted octanol–water partition coefficient (Wildman–Crippen LogP) is 6.32. The molecule has 0 saturated carbocycles. The number of hydrogen-bond acceptors (Lipinski definition) is 4. The zero-order chi connectivity index (χ0) is 24.7. The van der Waals surface area contributed by atoms with Gasteiger partial charge in [-0.1, -0.05) is 80.0 Å². The van der Waals surface area contributed by atoms with Crippen LogP contribution in [0.25, 0.3) is 0 Å². The first-order valence-electron chi connectivity index (χ1n) is 12.0. The van der Waals surface area contributed by atoms with Crippen LogP contribution in [0.3, 0.4) is 0 Å². The molecule has 1 N–H and O–H groups in total. The van der Waals surface area contributed by atoms with Gasteiger partial charge in [0.2, 0.25) is 10.0 Å². The van der Waals surface area contributed by atoms with Gasteiger partial charge in [-0.2, -0.15) is 0 Å². The maximum absolute atomic E-state index is 12.5. The minimum absolute atomic E-state index is 0.122. The van der Waals surface area contributed by atoms with Crippen molar-refractivity contribution in [1.29, 1.82) is 0 Å². The molecule has 1 aromatic rings. The van der Waals surface area contributed by atoms with Gasteiger partial charge in [0.15, 0.2) is 0 Å². The van der Waals surface area contributed by atoms with Crippen LogP contribution in [0.4, 0.5) is 0 Å². The van der Waals surface area contributed by atoms with Crippen molar-refractivity contribution in [3.8, 4) is 0 Å². The average molecular weight is 494 g/mol. The van der Waals surface area contributed by atoms with E-state index in [0.29, 0.717) is 17.9 Å². The van der Waals surface area contributed by atoms with Crippen LogP contribution in [-0.2, 0) is 19.6 Å². The fourth-order valence-corrected chi connectivity index (χ4v) is 6.03. The van der Waals surface area contributed by atoms with Gasteiger partial charge in [0.25, 0.3) is 0 Å². The van der Waals surface area contributed by atoms with E-state index in [2.05, 4.69) is 47.0 Å². The van der Waals surface area contributed by atoms with Crippen molar-refractivity contribution in [3.05, 3.63) is 53.3 Å². The molecule has 0 amide bonds. The van der Waals surface area contributed by atoms with E-state index in [-0.39, 0.29) is 5.97 Å². The lowest BCUT2D eigenvalue weighted by molar-refractivity contribution is -0.140. The molecule has 0 heterocycles. The Morgan fingerprint density at radius 3 is 2.24 bits per heavy atom. The van der Waals surface area contributed by atoms with Gasteiger partial charge in [-0.15, -0.1) is 0 Å². The van der Waals surface area contributed by atoms with Gasteiger partial charge >= 0.3 is 5.97 Å². The Morgan fingerprint density at radius 1 is 0.970 bits per heavy atom. The molecule has 7 heteroatoms. The lowest BCUT2D eigenvalue weighted by Crippen LogP contribution is -2.25. The number of rotatable bonds is 16. The zero-order valence-electron chi connectivity index (χ0n) is 21.2. The molecule has 0 aliphatic carbocycles. The maximum atomic E-state index is 12.5. The van der Waals surface area contributed by atoms with E-state index >= 15 is 0 Å². The van der Waals surface area contributed by atoms with Crippen LogP contribution in [0.2, 0.25) is 19.6 Å². The normalized spacial score (nSPS) is 12.9. The Hall–Kier alpha value is -1.70. The minimum Gasteiger partial charge on any atom is -0.469 e. The highest BCUT2D eigenvalue weighted by molar-refractivity contribution is 7.89. The van der Waals surface area contributed by atoms with Crippen LogP contribution in [-0.4, -0.2) is 36.1 Å². The third-order valence-electron chi connectivity index (χ3n) is 5.23. The molecular weight excluding hydrogens is 450 g/mol. The summed E-state index contributed by atoms with van der Waals surface area (Å²) in [6, 6.07) is 6.94. The van der Waals surface area contributed by atoms with Crippen molar-refractivity contribution in [2.24, 2.45) is 0 Å². The van der Waals surface area contributed by atoms with E-state index in [9.17, 15) is 13.2 Å². The van der Waals surface area contributed by atoms with Gasteiger partial charge in [0.1, 0.15) is 0 Å². The van der Waals surface area contributed by atoms with Gasteiger partial charge in [-0.05, 0) is 51.2 Å². The van der Waals surface area contributed by atoms with E-state index in [1.165, 1.54) is 19.1 Å². The highest BCUT2D eigenvalue weighted by Crippen LogP contribution is 2.16. The summed E-state index contributed by atoms with van der Waals surface area (Å²) in [5, 5.41) is 0. The lowest BCUT2D eigenvalue weighted by atomic mass is 10.1. The van der Waals surface area contributed by atoms with Crippen LogP contribution in [0.5, 0.6) is 0 Å². The Bertz CT molecular complexity index is 869. The maximum Gasteiger partial charge on any atom is 0.305 e. The molecule has 5 nitrogen and oxygen atoms in total. The number of aryl methyl sites for hydroxylation is 1. The molecule has 0 atom stereocenters. The fourth-order valence-electron chi connectivity index (χ4n) is 3.51. The summed E-state index contributed by atoms with van der Waals surface area (Å²) >= 11 is 0. The van der Waals surface area contributed by atoms with Gasteiger partial charge in [0, 0.05) is 13.0 Å². The number of nitrogens with one attached hydrogen (secondary N) is 1. The molecule has 1 aromatic carbocycles. The summed E-state index contributed by atoms with van der Waals surface area (Å²) in [4.78, 5) is 11.4. The molecule has 0 aliphatic heterocycles. The number of unbranched alkanes of at least 4 members (excludes halogenated alkanes) is 5. The molecule has 0 aromatic heterocycles. The second-order valence-electron chi connectivity index (χ2n) is 9.69. The van der Waals surface area contributed by atoms with Crippen LogP contribution >= 0.6 is 0 Å². The Labute approximate surface area is 202 Å². The van der Waals surface area contributed by atoms with Crippen molar-refractivity contribution in [3.63, 3.8) is 0 Å². The Balaban J connectivity index is 2.41. The standard InChI is InChI=1S/C26H43NO4SSi/c1-23-16-18-25(19-17-23)32(29,30)27-21-20-24(22-33(3,4)5)14-12-10-8-6-7-9-11-13-15-26(28)31-2/h10,12,16-19,22,27H,6-9,11,13-15,20-21H2,1-5H3/b12-10+,24-22+. The molecule has 186 valence electrons. The summed E-state index contributed by atoms with van der Waals surface area (Å²) in [6.45, 7) is 9.25. The summed E-state index contributed by atoms with van der Waals surface area (Å²) in [5.41, 5.74) is 4.73. The minimum atomic E-state index is -3.47. The lowest BCUT2D eigenvalue weighted by Gasteiger charge is -2.14. The van der Waals surface area contributed by atoms with Crippen LogP contribution in [0.15, 0.2) is 52.6 Å². The molecule has 0 saturated heterocycles. The number of benzene rings is 1. The van der Waals surface area contributed by atoms with Crippen molar-refractivity contribution < 1.29 is 17.9 Å². The second kappa shape index (κ2) is 15.2. The van der Waals surface area contributed by atoms with Crippen LogP contribution in [0.1, 0.15) is 63.4 Å². The number of methoxy groups -OCH3 is 1. The number of ether oxygens (including phenoxy) is 1. The van der Waals surface area contributed by atoms with E-state index < -0.39 is 18.1 Å². The highest BCUT2D eigenvalue weighted by atomic mass is 32.2. The quantitative estimate of drug-likeness (QED) is 0.127. The average Bonchev–Trinajstić information content (AvgIpc) is 2.73. The molecule has 0 bridgehead atoms. The third-order valence-corrected chi connectivity index (χ3v) is 7.98. The predicted molar refractivity (Wildman–Crippen MR) is 141 cm³/mol. The van der Waals surface area contributed by atoms with Gasteiger partial charge in [0.05, 0.1) is 20.1 Å². The Morgan fingerprint density at radius 2 is 1.61 bits per heavy atom. The first kappa shape index (κ1) is 29.3. The summed E-state index contributed by atoms with van der Waals surface area (Å²) in [5.74, 6) is -0.122. The van der Waals surface area contributed by atoms with E-state index in [4.69, 9.17) is 0 Å². The molecule has 1 rings (SSSR count). The molecule has 33 heavy (non-hydrogen) atoms. The molecule has 0 spiro atoms. The summed E-state index contributed by atoms with van der Waals surface area (Å²) in [7, 11) is -3.44. The SMILES string of the molecule is COC(=O)CCCCCCC/C=C/C/C(=C\[Si](C)(C)C)CCNS(=O)(=O)c1ccc(C)cc1. The molecular formula is C26H43NO4SSi. The molecule has 0 unspecified atom stereocenters. The van der Waals surface area contributed by atoms with E-state index in [0.717, 1.165) is 50.5 Å². The van der Waals surface area contributed by atoms with E-state index in [1.54, 1.807) is 12.1 Å². The topological polar surface area (TPSA) is 72.5 Å². The first-order valence-corrected chi connectivity index (χ1v) is 17.1. The smallest absolute Gasteiger partial charge is 0.305 e. The number of carbonyl (C=O) groups excluding carboxylic acids is 1. The second-order valence-corrected chi connectivity index (χ2v) is 16.5. The summed E-state index contributed by atoms with van der Waals surface area (Å²) in [6.07, 6.45) is 13.1. The van der Waals surface area contributed by atoms with Gasteiger partial charge in [-0.3, -0.25) is 4.79 Å². The Kier molecular flexibility index (Phi) is 13.6. The molecule has 0 aliphatic rings. The largest absolute Gasteiger partial charge is 0.469 e. The van der Waals surface area contributed by atoms with Crippen molar-refractivity contribution in [2.75, 3.05) is 13.7 Å². The number of sulfonamides is 1. The van der Waals surface area contributed by atoms with Crippen molar-refractivity contribution in [2.45, 2.75) is 89.2 Å². The number of allylic oxidation sites excluding steroid dienone is 2. The third kappa shape index (κ3) is 14.2. The number of carbonyl (C=O) groups is 1. The van der Waals surface area contributed by atoms with Crippen molar-refractivity contribution >= 4 is 24.1 Å². The van der Waals surface area contributed by atoms with Crippen LogP contribution < -0.4 is 4.72 Å². The van der Waals surface area contributed by atoms with Crippen LogP contribution in [0, 0.1) is 6.92 Å². The van der Waals surface area contributed by atoms with E-state index in [1.807, 2.05) is 19.1 Å².